The highest BCUT2D eigenvalue weighted by Crippen LogP contribution is 2.26. The quantitative estimate of drug-likeness (QED) is 0.744. The van der Waals surface area contributed by atoms with Gasteiger partial charge in [0.1, 0.15) is 0 Å². The number of thiazole rings is 1. The van der Waals surface area contributed by atoms with E-state index in [0.29, 0.717) is 11.6 Å². The Morgan fingerprint density at radius 2 is 1.87 bits per heavy atom. The molecule has 0 aliphatic rings. The molecule has 6 heteroatoms. The van der Waals surface area contributed by atoms with Crippen LogP contribution in [0.5, 0.6) is 0 Å². The predicted octanol–water partition coefficient (Wildman–Crippen LogP) is 4.29. The number of nitrogens with one attached hydrogen (secondary N) is 2. The summed E-state index contributed by atoms with van der Waals surface area (Å²) in [7, 11) is 0. The van der Waals surface area contributed by atoms with E-state index in [-0.39, 0.29) is 11.8 Å². The zero-order valence-electron chi connectivity index (χ0n) is 13.4. The second kappa shape index (κ2) is 8.43. The van der Waals surface area contributed by atoms with Crippen molar-refractivity contribution in [3.8, 4) is 11.3 Å². The third kappa shape index (κ3) is 5.49. The highest BCUT2D eigenvalue weighted by molar-refractivity contribution is 7.14. The van der Waals surface area contributed by atoms with E-state index in [2.05, 4.69) is 22.5 Å². The molecule has 0 saturated carbocycles. The van der Waals surface area contributed by atoms with E-state index in [0.717, 1.165) is 36.2 Å². The van der Waals surface area contributed by atoms with Gasteiger partial charge in [-0.25, -0.2) is 4.98 Å². The number of carbonyl (C=O) groups excluding carboxylic acids is 2. The normalized spacial score (nSPS) is 10.3. The van der Waals surface area contributed by atoms with Crippen LogP contribution in [-0.2, 0) is 9.59 Å². The Morgan fingerprint density at radius 1 is 1.13 bits per heavy atom. The Hall–Kier alpha value is -2.21. The van der Waals surface area contributed by atoms with Gasteiger partial charge >= 0.3 is 0 Å². The Balaban J connectivity index is 1.96. The monoisotopic (exact) mass is 331 g/mol. The molecule has 0 unspecified atom stereocenters. The number of hydrogen-bond donors (Lipinski definition) is 2. The highest BCUT2D eigenvalue weighted by Gasteiger charge is 2.08. The maximum absolute atomic E-state index is 11.8. The van der Waals surface area contributed by atoms with E-state index in [1.807, 2.05) is 29.6 Å². The lowest BCUT2D eigenvalue weighted by molar-refractivity contribution is -0.116. The van der Waals surface area contributed by atoms with Crippen molar-refractivity contribution in [2.24, 2.45) is 0 Å². The van der Waals surface area contributed by atoms with E-state index in [1.165, 1.54) is 18.3 Å². The molecular weight excluding hydrogens is 310 g/mol. The van der Waals surface area contributed by atoms with Gasteiger partial charge in [0.2, 0.25) is 11.8 Å². The van der Waals surface area contributed by atoms with Gasteiger partial charge in [0.15, 0.2) is 5.13 Å². The summed E-state index contributed by atoms with van der Waals surface area (Å²) in [6.45, 7) is 3.59. The third-order valence-corrected chi connectivity index (χ3v) is 4.02. The number of anilines is 2. The molecule has 2 aromatic rings. The van der Waals surface area contributed by atoms with Crippen LogP contribution in [0.25, 0.3) is 11.3 Å². The molecule has 23 heavy (non-hydrogen) atoms. The Labute approximate surface area is 140 Å². The van der Waals surface area contributed by atoms with Gasteiger partial charge in [-0.05, 0) is 18.6 Å². The van der Waals surface area contributed by atoms with Crippen molar-refractivity contribution in [1.29, 1.82) is 0 Å². The molecule has 0 aliphatic heterocycles. The summed E-state index contributed by atoms with van der Waals surface area (Å²) in [4.78, 5) is 27.2. The van der Waals surface area contributed by atoms with Crippen LogP contribution < -0.4 is 10.6 Å². The fraction of sp³-hybridized carbons (Fsp3) is 0.353. The van der Waals surface area contributed by atoms with Crippen molar-refractivity contribution in [3.63, 3.8) is 0 Å². The molecule has 5 nitrogen and oxygen atoms in total. The molecular formula is C17H21N3O2S. The van der Waals surface area contributed by atoms with Gasteiger partial charge in [-0.15, -0.1) is 11.3 Å². The standard InChI is InChI=1S/C17H21N3O2S/c1-3-4-5-6-16(22)20-17-19-15(11-23-17)13-7-9-14(10-8-13)18-12(2)21/h7-11H,3-6H2,1-2H3,(H,18,21)(H,19,20,22). The summed E-state index contributed by atoms with van der Waals surface area (Å²) in [6.07, 6.45) is 3.61. The first-order valence-electron chi connectivity index (χ1n) is 7.72. The Bertz CT molecular complexity index is 665. The Kier molecular flexibility index (Phi) is 6.29. The van der Waals surface area contributed by atoms with Crippen molar-refractivity contribution in [2.45, 2.75) is 39.5 Å². The van der Waals surface area contributed by atoms with Gasteiger partial charge in [0.05, 0.1) is 5.69 Å². The molecule has 0 bridgehead atoms. The topological polar surface area (TPSA) is 71.1 Å². The maximum atomic E-state index is 11.8. The van der Waals surface area contributed by atoms with Crippen LogP contribution >= 0.6 is 11.3 Å². The summed E-state index contributed by atoms with van der Waals surface area (Å²) in [6, 6.07) is 7.46. The van der Waals surface area contributed by atoms with Gasteiger partial charge in [-0.1, -0.05) is 31.9 Å². The van der Waals surface area contributed by atoms with E-state index < -0.39 is 0 Å². The van der Waals surface area contributed by atoms with Crippen LogP contribution in [0, 0.1) is 0 Å². The third-order valence-electron chi connectivity index (χ3n) is 3.26. The number of nitrogens with zero attached hydrogens (tertiary/aromatic N) is 1. The zero-order chi connectivity index (χ0) is 16.7. The van der Waals surface area contributed by atoms with Crippen LogP contribution in [0.2, 0.25) is 0 Å². The zero-order valence-corrected chi connectivity index (χ0v) is 14.2. The molecule has 1 heterocycles. The number of rotatable bonds is 7. The van der Waals surface area contributed by atoms with Gasteiger partial charge in [-0.3, -0.25) is 9.59 Å². The minimum atomic E-state index is -0.0977. The van der Waals surface area contributed by atoms with Crippen LogP contribution in [0.4, 0.5) is 10.8 Å². The van der Waals surface area contributed by atoms with Crippen LogP contribution in [0.1, 0.15) is 39.5 Å². The summed E-state index contributed by atoms with van der Waals surface area (Å²) >= 11 is 1.41. The first-order valence-corrected chi connectivity index (χ1v) is 8.60. The summed E-state index contributed by atoms with van der Waals surface area (Å²) in [5, 5.41) is 8.10. The fourth-order valence-corrected chi connectivity index (χ4v) is 2.84. The average Bonchev–Trinajstić information content (AvgIpc) is 2.96. The molecule has 2 N–H and O–H groups in total. The summed E-state index contributed by atoms with van der Waals surface area (Å²) < 4.78 is 0. The molecule has 0 saturated heterocycles. The van der Waals surface area contributed by atoms with Gasteiger partial charge in [-0.2, -0.15) is 0 Å². The van der Waals surface area contributed by atoms with E-state index in [9.17, 15) is 9.59 Å². The summed E-state index contributed by atoms with van der Waals surface area (Å²) in [5.41, 5.74) is 2.51. The average molecular weight is 331 g/mol. The van der Waals surface area contributed by atoms with E-state index in [4.69, 9.17) is 0 Å². The number of unbranched alkanes of at least 4 members (excludes halogenated alkanes) is 2. The molecule has 0 atom stereocenters. The minimum Gasteiger partial charge on any atom is -0.326 e. The summed E-state index contributed by atoms with van der Waals surface area (Å²) in [5.74, 6) is -0.0835. The molecule has 1 aromatic carbocycles. The number of amides is 2. The largest absolute Gasteiger partial charge is 0.326 e. The lowest BCUT2D eigenvalue weighted by atomic mass is 10.1. The molecule has 2 rings (SSSR count). The molecule has 122 valence electrons. The molecule has 0 radical (unpaired) electrons. The first-order chi connectivity index (χ1) is 11.1. The minimum absolute atomic E-state index is 0.0142. The molecule has 0 spiro atoms. The van der Waals surface area contributed by atoms with Crippen LogP contribution in [-0.4, -0.2) is 16.8 Å². The van der Waals surface area contributed by atoms with E-state index in [1.54, 1.807) is 0 Å². The van der Waals surface area contributed by atoms with Crippen molar-refractivity contribution in [1.82, 2.24) is 4.98 Å². The van der Waals surface area contributed by atoms with Crippen LogP contribution in [0.15, 0.2) is 29.6 Å². The van der Waals surface area contributed by atoms with Crippen molar-refractivity contribution >= 4 is 34.0 Å². The molecule has 0 aliphatic carbocycles. The Morgan fingerprint density at radius 3 is 2.52 bits per heavy atom. The highest BCUT2D eigenvalue weighted by atomic mass is 32.1. The lowest BCUT2D eigenvalue weighted by Crippen LogP contribution is -2.10. The van der Waals surface area contributed by atoms with Gasteiger partial charge < -0.3 is 10.6 Å². The lowest BCUT2D eigenvalue weighted by Gasteiger charge is -2.03. The fourth-order valence-electron chi connectivity index (χ4n) is 2.11. The van der Waals surface area contributed by atoms with Crippen molar-refractivity contribution in [2.75, 3.05) is 10.6 Å². The number of carbonyl (C=O) groups is 2. The molecule has 1 aromatic heterocycles. The molecule has 2 amide bonds. The van der Waals surface area contributed by atoms with Crippen molar-refractivity contribution in [3.05, 3.63) is 29.6 Å². The second-order valence-electron chi connectivity index (χ2n) is 5.30. The predicted molar refractivity (Wildman–Crippen MR) is 94.6 cm³/mol. The van der Waals surface area contributed by atoms with Crippen LogP contribution in [0.3, 0.4) is 0 Å². The van der Waals surface area contributed by atoms with E-state index >= 15 is 0 Å². The molecule has 0 fully saturated rings. The number of hydrogen-bond acceptors (Lipinski definition) is 4. The second-order valence-corrected chi connectivity index (χ2v) is 6.16. The SMILES string of the molecule is CCCCCC(=O)Nc1nc(-c2ccc(NC(C)=O)cc2)cs1. The first kappa shape index (κ1) is 17.1. The van der Waals surface area contributed by atoms with Gasteiger partial charge in [0.25, 0.3) is 0 Å². The number of benzene rings is 1. The van der Waals surface area contributed by atoms with Crippen molar-refractivity contribution < 1.29 is 9.59 Å². The smallest absolute Gasteiger partial charge is 0.226 e. The maximum Gasteiger partial charge on any atom is 0.226 e. The van der Waals surface area contributed by atoms with Gasteiger partial charge in [0, 0.05) is 30.0 Å². The number of aromatic nitrogens is 1.